The van der Waals surface area contributed by atoms with Crippen molar-refractivity contribution >= 4 is 24.2 Å². The molecule has 24 heavy (non-hydrogen) atoms. The molecular formula is C20H21ClN2S. The third-order valence-electron chi connectivity index (χ3n) is 5.27. The number of fused-ring (bicyclic) bond motifs is 3. The van der Waals surface area contributed by atoms with Crippen LogP contribution < -0.4 is 0 Å². The minimum atomic E-state index is 0. The van der Waals surface area contributed by atoms with Crippen LogP contribution in [0, 0.1) is 11.3 Å². The monoisotopic (exact) mass is 356 g/mol. The molecule has 1 fully saturated rings. The summed E-state index contributed by atoms with van der Waals surface area (Å²) in [7, 11) is 0. The molecule has 2 unspecified atom stereocenters. The summed E-state index contributed by atoms with van der Waals surface area (Å²) in [5.41, 5.74) is 4.89. The lowest BCUT2D eigenvalue weighted by Gasteiger charge is -2.38. The fourth-order valence-electron chi connectivity index (χ4n) is 4.18. The zero-order valence-corrected chi connectivity index (χ0v) is 15.4. The molecule has 4 heteroatoms. The molecule has 0 N–H and O–H groups in total. The van der Waals surface area contributed by atoms with Crippen molar-refractivity contribution in [3.8, 4) is 6.07 Å². The van der Waals surface area contributed by atoms with E-state index in [1.807, 2.05) is 12.1 Å². The first-order chi connectivity index (χ1) is 11.3. The van der Waals surface area contributed by atoms with E-state index in [1.165, 1.54) is 34.4 Å². The molecule has 0 aromatic heterocycles. The first kappa shape index (κ1) is 17.4. The molecule has 4 rings (SSSR count). The van der Waals surface area contributed by atoms with Crippen molar-refractivity contribution in [2.75, 3.05) is 19.3 Å². The molecule has 0 bridgehead atoms. The Morgan fingerprint density at radius 2 is 1.96 bits per heavy atom. The van der Waals surface area contributed by atoms with Gasteiger partial charge >= 0.3 is 0 Å². The fraction of sp³-hybridized carbons (Fsp3) is 0.350. The van der Waals surface area contributed by atoms with Gasteiger partial charge in [0.15, 0.2) is 0 Å². The van der Waals surface area contributed by atoms with E-state index in [1.54, 1.807) is 11.8 Å². The molecule has 2 atom stereocenters. The van der Waals surface area contributed by atoms with Crippen molar-refractivity contribution in [3.05, 3.63) is 64.7 Å². The van der Waals surface area contributed by atoms with E-state index in [-0.39, 0.29) is 12.4 Å². The fourth-order valence-corrected chi connectivity index (χ4v) is 4.59. The van der Waals surface area contributed by atoms with Crippen LogP contribution in [0.15, 0.2) is 47.4 Å². The summed E-state index contributed by atoms with van der Waals surface area (Å²) in [6.07, 6.45) is 4.53. The average molecular weight is 357 g/mol. The molecule has 0 saturated carbocycles. The third kappa shape index (κ3) is 2.84. The van der Waals surface area contributed by atoms with Crippen molar-refractivity contribution < 1.29 is 0 Å². The number of halogens is 1. The molecule has 124 valence electrons. The molecule has 2 aliphatic heterocycles. The van der Waals surface area contributed by atoms with Gasteiger partial charge in [0, 0.05) is 23.4 Å². The van der Waals surface area contributed by atoms with Gasteiger partial charge in [-0.1, -0.05) is 24.3 Å². The second kappa shape index (κ2) is 7.19. The van der Waals surface area contributed by atoms with Crippen LogP contribution in [0.2, 0.25) is 0 Å². The molecule has 1 saturated heterocycles. The van der Waals surface area contributed by atoms with Crippen molar-refractivity contribution in [3.63, 3.8) is 0 Å². The third-order valence-corrected chi connectivity index (χ3v) is 6.01. The number of rotatable bonds is 2. The lowest BCUT2D eigenvalue weighted by Crippen LogP contribution is -2.35. The van der Waals surface area contributed by atoms with Gasteiger partial charge in [0.25, 0.3) is 0 Å². The minimum Gasteiger partial charge on any atom is -0.295 e. The van der Waals surface area contributed by atoms with Gasteiger partial charge in [0.05, 0.1) is 11.6 Å². The summed E-state index contributed by atoms with van der Waals surface area (Å²) >= 11 is 1.78. The molecule has 0 aliphatic carbocycles. The number of nitriles is 1. The van der Waals surface area contributed by atoms with E-state index in [0.717, 1.165) is 18.7 Å². The number of thioether (sulfide) groups is 1. The first-order valence-electron chi connectivity index (χ1n) is 8.22. The lowest BCUT2D eigenvalue weighted by atomic mass is 9.80. The summed E-state index contributed by atoms with van der Waals surface area (Å²) in [6.45, 7) is 2.23. The summed E-state index contributed by atoms with van der Waals surface area (Å²) < 4.78 is 0. The Hall–Kier alpha value is -1.47. The predicted molar refractivity (Wildman–Crippen MR) is 102 cm³/mol. The molecule has 2 nitrogen and oxygen atoms in total. The zero-order valence-electron chi connectivity index (χ0n) is 13.7. The van der Waals surface area contributed by atoms with Gasteiger partial charge in [0.2, 0.25) is 0 Å². The number of hydrogen-bond donors (Lipinski definition) is 0. The Kier molecular flexibility index (Phi) is 5.20. The van der Waals surface area contributed by atoms with Crippen molar-refractivity contribution in [2.24, 2.45) is 0 Å². The Balaban J connectivity index is 0.00000169. The maximum absolute atomic E-state index is 9.57. The Morgan fingerprint density at radius 3 is 2.67 bits per heavy atom. The van der Waals surface area contributed by atoms with Crippen molar-refractivity contribution in [1.82, 2.24) is 4.90 Å². The number of nitrogens with zero attached hydrogens (tertiary/aromatic N) is 2. The molecule has 0 amide bonds. The SMILES string of the molecule is CSc1ccc(C2CN3CCCC3c3c(C#N)cccc32)cc1.Cl. The quantitative estimate of drug-likeness (QED) is 0.710. The Labute approximate surface area is 154 Å². The van der Waals surface area contributed by atoms with Crippen LogP contribution >= 0.6 is 24.2 Å². The number of hydrogen-bond acceptors (Lipinski definition) is 3. The minimum absolute atomic E-state index is 0. The maximum Gasteiger partial charge on any atom is 0.0995 e. The van der Waals surface area contributed by atoms with Crippen molar-refractivity contribution in [2.45, 2.75) is 29.7 Å². The molecule has 2 heterocycles. The average Bonchev–Trinajstić information content (AvgIpc) is 3.09. The second-order valence-electron chi connectivity index (χ2n) is 6.40. The highest BCUT2D eigenvalue weighted by atomic mass is 35.5. The predicted octanol–water partition coefficient (Wildman–Crippen LogP) is 4.98. The second-order valence-corrected chi connectivity index (χ2v) is 7.28. The largest absolute Gasteiger partial charge is 0.295 e. The molecule has 2 aromatic carbocycles. The Bertz CT molecular complexity index is 766. The van der Waals surface area contributed by atoms with Crippen LogP contribution in [0.3, 0.4) is 0 Å². The molecule has 2 aliphatic rings. The summed E-state index contributed by atoms with van der Waals surface area (Å²) in [5, 5.41) is 9.57. The summed E-state index contributed by atoms with van der Waals surface area (Å²) in [4.78, 5) is 3.88. The smallest absolute Gasteiger partial charge is 0.0995 e. The van der Waals surface area contributed by atoms with Crippen LogP contribution in [0.1, 0.15) is 47.1 Å². The highest BCUT2D eigenvalue weighted by Crippen LogP contribution is 2.45. The van der Waals surface area contributed by atoms with E-state index < -0.39 is 0 Å². The van der Waals surface area contributed by atoms with E-state index in [4.69, 9.17) is 0 Å². The summed E-state index contributed by atoms with van der Waals surface area (Å²) in [5.74, 6) is 0.378. The van der Waals surface area contributed by atoms with E-state index in [0.29, 0.717) is 12.0 Å². The van der Waals surface area contributed by atoms with E-state index >= 15 is 0 Å². The maximum atomic E-state index is 9.57. The van der Waals surface area contributed by atoms with Gasteiger partial charge in [-0.25, -0.2) is 0 Å². The topological polar surface area (TPSA) is 27.0 Å². The van der Waals surface area contributed by atoms with Gasteiger partial charge in [0.1, 0.15) is 0 Å². The first-order valence-corrected chi connectivity index (χ1v) is 9.45. The van der Waals surface area contributed by atoms with Crippen LogP contribution in [0.5, 0.6) is 0 Å². The van der Waals surface area contributed by atoms with E-state index in [9.17, 15) is 5.26 Å². The lowest BCUT2D eigenvalue weighted by molar-refractivity contribution is 0.230. The highest BCUT2D eigenvalue weighted by molar-refractivity contribution is 7.98. The highest BCUT2D eigenvalue weighted by Gasteiger charge is 2.37. The Morgan fingerprint density at radius 1 is 1.17 bits per heavy atom. The zero-order chi connectivity index (χ0) is 15.8. The number of benzene rings is 2. The van der Waals surface area contributed by atoms with Crippen LogP contribution in [-0.4, -0.2) is 24.2 Å². The van der Waals surface area contributed by atoms with Crippen LogP contribution in [0.4, 0.5) is 0 Å². The van der Waals surface area contributed by atoms with Gasteiger partial charge in [-0.05, 0) is 60.5 Å². The molecule has 2 aromatic rings. The molecule has 0 radical (unpaired) electrons. The molecular weight excluding hydrogens is 336 g/mol. The standard InChI is InChI=1S/C20H20N2S.ClH/c1-23-16-9-7-14(8-10-16)18-13-22-11-3-6-19(22)20-15(12-21)4-2-5-17(18)20;/h2,4-5,7-10,18-19H,3,6,11,13H2,1H3;1H. The van der Waals surface area contributed by atoms with Gasteiger partial charge in [-0.15, -0.1) is 24.2 Å². The van der Waals surface area contributed by atoms with E-state index in [2.05, 4.69) is 47.6 Å². The molecule has 0 spiro atoms. The van der Waals surface area contributed by atoms with Crippen LogP contribution in [-0.2, 0) is 0 Å². The van der Waals surface area contributed by atoms with Gasteiger partial charge in [-0.2, -0.15) is 5.26 Å². The van der Waals surface area contributed by atoms with Crippen molar-refractivity contribution in [1.29, 1.82) is 5.26 Å². The summed E-state index contributed by atoms with van der Waals surface area (Å²) in [6, 6.07) is 18.1. The van der Waals surface area contributed by atoms with Gasteiger partial charge in [-0.3, -0.25) is 4.90 Å². The van der Waals surface area contributed by atoms with Gasteiger partial charge < -0.3 is 0 Å². The van der Waals surface area contributed by atoms with Crippen LogP contribution in [0.25, 0.3) is 0 Å². The normalized spacial score (nSPS) is 22.2.